The molecule has 0 aliphatic heterocycles. The first-order chi connectivity index (χ1) is 6.27. The number of hydrogen-bond donors (Lipinski definition) is 1. The van der Waals surface area contributed by atoms with Crippen molar-refractivity contribution in [2.75, 3.05) is 7.05 Å². The van der Waals surface area contributed by atoms with Crippen LogP contribution in [0.5, 0.6) is 0 Å². The Balaban J connectivity index is 3.01. The molecule has 0 unspecified atom stereocenters. The van der Waals surface area contributed by atoms with Gasteiger partial charge in [0.05, 0.1) is 11.8 Å². The number of rotatable bonds is 2. The van der Waals surface area contributed by atoms with E-state index in [-0.39, 0.29) is 0 Å². The van der Waals surface area contributed by atoms with Crippen LogP contribution >= 0.6 is 0 Å². The van der Waals surface area contributed by atoms with Crippen LogP contribution in [0.1, 0.15) is 11.1 Å². The highest BCUT2D eigenvalue weighted by molar-refractivity contribution is 5.65. The number of nitrogens with one attached hydrogen (secondary N) is 1. The third-order valence-electron chi connectivity index (χ3n) is 1.84. The molecule has 13 heavy (non-hydrogen) atoms. The monoisotopic (exact) mass is 172 g/mol. The molecule has 0 fully saturated rings. The van der Waals surface area contributed by atoms with Crippen LogP contribution < -0.4 is 5.32 Å². The second-order valence-corrected chi connectivity index (χ2v) is 2.80. The summed E-state index contributed by atoms with van der Waals surface area (Å²) >= 11 is 0. The Hall–Kier alpha value is -1.75. The van der Waals surface area contributed by atoms with E-state index < -0.39 is 0 Å². The molecule has 0 atom stereocenters. The smallest absolute Gasteiger partial charge is 0.0933 e. The Kier molecular flexibility index (Phi) is 3.10. The topological polar surface area (TPSA) is 35.8 Å². The van der Waals surface area contributed by atoms with Gasteiger partial charge < -0.3 is 5.32 Å². The lowest BCUT2D eigenvalue weighted by Gasteiger charge is -2.04. The van der Waals surface area contributed by atoms with Crippen molar-refractivity contribution in [3.8, 4) is 6.07 Å². The van der Waals surface area contributed by atoms with Crippen molar-refractivity contribution in [2.45, 2.75) is 6.92 Å². The molecule has 0 aliphatic carbocycles. The molecule has 0 bridgehead atoms. The van der Waals surface area contributed by atoms with Crippen molar-refractivity contribution in [1.29, 1.82) is 5.26 Å². The van der Waals surface area contributed by atoms with Gasteiger partial charge in [0.25, 0.3) is 0 Å². The van der Waals surface area contributed by atoms with E-state index in [4.69, 9.17) is 5.26 Å². The molecule has 0 heterocycles. The zero-order valence-corrected chi connectivity index (χ0v) is 7.83. The standard InChI is InChI=1S/C11H12N2/c1-9-3-5-10(6-4-9)11(13-2)7-8-12/h3-7,13H,1-2H3/b11-7+. The number of nitriles is 1. The van der Waals surface area contributed by atoms with Gasteiger partial charge in [-0.3, -0.25) is 0 Å². The molecule has 0 aliphatic rings. The Morgan fingerprint density at radius 2 is 2.00 bits per heavy atom. The van der Waals surface area contributed by atoms with Crippen LogP contribution in [0.3, 0.4) is 0 Å². The summed E-state index contributed by atoms with van der Waals surface area (Å²) in [6.07, 6.45) is 1.50. The maximum atomic E-state index is 8.52. The summed E-state index contributed by atoms with van der Waals surface area (Å²) in [6, 6.07) is 10.0. The van der Waals surface area contributed by atoms with Gasteiger partial charge in [-0.05, 0) is 12.5 Å². The molecule has 1 aromatic carbocycles. The third kappa shape index (κ3) is 2.34. The molecule has 0 spiro atoms. The first kappa shape index (κ1) is 9.34. The largest absolute Gasteiger partial charge is 0.387 e. The fraction of sp³-hybridized carbons (Fsp3) is 0.182. The third-order valence-corrected chi connectivity index (χ3v) is 1.84. The highest BCUT2D eigenvalue weighted by Gasteiger charge is 1.96. The molecule has 0 aromatic heterocycles. The molecular formula is C11H12N2. The van der Waals surface area contributed by atoms with Gasteiger partial charge in [-0.15, -0.1) is 0 Å². The first-order valence-corrected chi connectivity index (χ1v) is 4.12. The van der Waals surface area contributed by atoms with Gasteiger partial charge in [0.15, 0.2) is 0 Å². The Labute approximate surface area is 78.5 Å². The Morgan fingerprint density at radius 3 is 2.46 bits per heavy atom. The molecule has 1 N–H and O–H groups in total. The van der Waals surface area contributed by atoms with Crippen molar-refractivity contribution < 1.29 is 0 Å². The molecule has 1 aromatic rings. The number of benzene rings is 1. The maximum Gasteiger partial charge on any atom is 0.0933 e. The van der Waals surface area contributed by atoms with E-state index in [9.17, 15) is 0 Å². The van der Waals surface area contributed by atoms with Gasteiger partial charge in [-0.1, -0.05) is 29.8 Å². The highest BCUT2D eigenvalue weighted by atomic mass is 14.8. The predicted molar refractivity (Wildman–Crippen MR) is 53.8 cm³/mol. The van der Waals surface area contributed by atoms with Crippen molar-refractivity contribution in [1.82, 2.24) is 5.32 Å². The first-order valence-electron chi connectivity index (χ1n) is 4.12. The fourth-order valence-corrected chi connectivity index (χ4v) is 1.10. The van der Waals surface area contributed by atoms with Gasteiger partial charge in [0.1, 0.15) is 0 Å². The number of aryl methyl sites for hydroxylation is 1. The highest BCUT2D eigenvalue weighted by Crippen LogP contribution is 2.11. The van der Waals surface area contributed by atoms with Crippen LogP contribution in [-0.2, 0) is 0 Å². The molecule has 0 saturated heterocycles. The van der Waals surface area contributed by atoms with Crippen molar-refractivity contribution in [2.24, 2.45) is 0 Å². The maximum absolute atomic E-state index is 8.52. The van der Waals surface area contributed by atoms with Crippen molar-refractivity contribution in [3.63, 3.8) is 0 Å². The van der Waals surface area contributed by atoms with Crippen LogP contribution in [0.4, 0.5) is 0 Å². The van der Waals surface area contributed by atoms with Gasteiger partial charge in [0.2, 0.25) is 0 Å². The average Bonchev–Trinajstić information content (AvgIpc) is 2.16. The SMILES string of the molecule is CN/C(=C/C#N)c1ccc(C)cc1. The predicted octanol–water partition coefficient (Wildman–Crippen LogP) is 2.08. The zero-order chi connectivity index (χ0) is 9.68. The van der Waals surface area contributed by atoms with E-state index in [0.717, 1.165) is 11.3 Å². The Bertz CT molecular complexity index is 341. The molecule has 0 saturated carbocycles. The second kappa shape index (κ2) is 4.32. The fourth-order valence-electron chi connectivity index (χ4n) is 1.10. The van der Waals surface area contributed by atoms with E-state index in [2.05, 4.69) is 5.32 Å². The molecule has 0 radical (unpaired) electrons. The van der Waals surface area contributed by atoms with Crippen LogP contribution in [0.15, 0.2) is 30.3 Å². The minimum absolute atomic E-state index is 0.850. The number of nitrogens with zero attached hydrogens (tertiary/aromatic N) is 1. The summed E-state index contributed by atoms with van der Waals surface area (Å²) in [7, 11) is 1.81. The molecule has 2 heteroatoms. The van der Waals surface area contributed by atoms with Gasteiger partial charge in [-0.2, -0.15) is 5.26 Å². The van der Waals surface area contributed by atoms with Crippen molar-refractivity contribution in [3.05, 3.63) is 41.5 Å². The lowest BCUT2D eigenvalue weighted by molar-refractivity contribution is 1.13. The van der Waals surface area contributed by atoms with Gasteiger partial charge in [-0.25, -0.2) is 0 Å². The second-order valence-electron chi connectivity index (χ2n) is 2.80. The molecule has 66 valence electrons. The summed E-state index contributed by atoms with van der Waals surface area (Å²) in [4.78, 5) is 0. The number of allylic oxidation sites excluding steroid dienone is 1. The zero-order valence-electron chi connectivity index (χ0n) is 7.83. The van der Waals surface area contributed by atoms with Crippen LogP contribution in [0.25, 0.3) is 5.70 Å². The molecule has 0 amide bonds. The van der Waals surface area contributed by atoms with Crippen LogP contribution in [0.2, 0.25) is 0 Å². The summed E-state index contributed by atoms with van der Waals surface area (Å²) < 4.78 is 0. The minimum Gasteiger partial charge on any atom is -0.387 e. The van der Waals surface area contributed by atoms with E-state index in [1.54, 1.807) is 0 Å². The van der Waals surface area contributed by atoms with E-state index in [1.165, 1.54) is 11.6 Å². The van der Waals surface area contributed by atoms with Gasteiger partial charge in [0, 0.05) is 13.1 Å². The minimum atomic E-state index is 0.850. The lowest BCUT2D eigenvalue weighted by atomic mass is 10.1. The number of hydrogen-bond acceptors (Lipinski definition) is 2. The quantitative estimate of drug-likeness (QED) is 0.693. The van der Waals surface area contributed by atoms with Crippen molar-refractivity contribution >= 4 is 5.70 Å². The summed E-state index contributed by atoms with van der Waals surface area (Å²) in [5.41, 5.74) is 3.10. The van der Waals surface area contributed by atoms with Crippen LogP contribution in [0, 0.1) is 18.3 Å². The average molecular weight is 172 g/mol. The molecule has 1 rings (SSSR count). The Morgan fingerprint density at radius 1 is 1.38 bits per heavy atom. The van der Waals surface area contributed by atoms with Crippen LogP contribution in [-0.4, -0.2) is 7.05 Å². The summed E-state index contributed by atoms with van der Waals surface area (Å²) in [5, 5.41) is 11.5. The van der Waals surface area contributed by atoms with E-state index in [0.29, 0.717) is 0 Å². The lowest BCUT2D eigenvalue weighted by Crippen LogP contribution is -2.03. The normalized spacial score (nSPS) is 10.7. The van der Waals surface area contributed by atoms with Gasteiger partial charge >= 0.3 is 0 Å². The summed E-state index contributed by atoms with van der Waals surface area (Å²) in [6.45, 7) is 2.04. The van der Waals surface area contributed by atoms with E-state index in [1.807, 2.05) is 44.3 Å². The molecular weight excluding hydrogens is 160 g/mol. The molecule has 2 nitrogen and oxygen atoms in total. The summed E-state index contributed by atoms with van der Waals surface area (Å²) in [5.74, 6) is 0. The van der Waals surface area contributed by atoms with E-state index >= 15 is 0 Å².